The largest absolute Gasteiger partial charge is 0.452 e. The number of hydrogen-bond donors (Lipinski definition) is 2. The van der Waals surface area contributed by atoms with Gasteiger partial charge in [-0.05, 0) is 53.4 Å². The van der Waals surface area contributed by atoms with Crippen LogP contribution in [0.25, 0.3) is 0 Å². The average Bonchev–Trinajstić information content (AvgIpc) is 2.44. The van der Waals surface area contributed by atoms with Gasteiger partial charge in [-0.1, -0.05) is 6.42 Å². The van der Waals surface area contributed by atoms with E-state index < -0.39 is 29.6 Å². The first-order valence-electron chi connectivity index (χ1n) is 8.94. The van der Waals surface area contributed by atoms with Gasteiger partial charge in [0.05, 0.1) is 5.92 Å². The van der Waals surface area contributed by atoms with Crippen LogP contribution in [0.5, 0.6) is 0 Å². The normalized spacial score (nSPS) is 27.2. The number of imide groups is 1. The van der Waals surface area contributed by atoms with Crippen LogP contribution in [-0.2, 0) is 19.1 Å². The number of carbonyl (C=O) groups is 4. The van der Waals surface area contributed by atoms with Crippen molar-refractivity contribution in [3.05, 3.63) is 0 Å². The van der Waals surface area contributed by atoms with Gasteiger partial charge in [0, 0.05) is 17.4 Å². The fourth-order valence-electron chi connectivity index (χ4n) is 3.58. The summed E-state index contributed by atoms with van der Waals surface area (Å²) in [6, 6.07) is -0.627. The molecule has 0 heterocycles. The van der Waals surface area contributed by atoms with Gasteiger partial charge in [-0.2, -0.15) is 0 Å². The molecule has 3 amide bonds. The third-order valence-corrected chi connectivity index (χ3v) is 4.77. The van der Waals surface area contributed by atoms with Crippen molar-refractivity contribution in [1.29, 1.82) is 0 Å². The molecule has 2 bridgehead atoms. The number of Topliss-reactive ketones (excluding diaryl/α,β-unsaturated/α-hetero) is 1. The molecule has 25 heavy (non-hydrogen) atoms. The Labute approximate surface area is 148 Å². The second-order valence-electron chi connectivity index (χ2n) is 8.17. The molecule has 2 aliphatic carbocycles. The van der Waals surface area contributed by atoms with Gasteiger partial charge in [-0.15, -0.1) is 0 Å². The van der Waals surface area contributed by atoms with Gasteiger partial charge < -0.3 is 10.1 Å². The van der Waals surface area contributed by atoms with Crippen molar-refractivity contribution in [2.24, 2.45) is 17.8 Å². The zero-order chi connectivity index (χ0) is 18.8. The molecule has 2 N–H and O–H groups in total. The highest BCUT2D eigenvalue weighted by Gasteiger charge is 2.42. The molecule has 0 saturated heterocycles. The smallest absolute Gasteiger partial charge is 0.321 e. The quantitative estimate of drug-likeness (QED) is 0.756. The van der Waals surface area contributed by atoms with Crippen molar-refractivity contribution in [1.82, 2.24) is 10.6 Å². The van der Waals surface area contributed by atoms with E-state index in [9.17, 15) is 19.2 Å². The minimum Gasteiger partial charge on any atom is -0.452 e. The Bertz CT molecular complexity index is 550. The molecular weight excluding hydrogens is 324 g/mol. The Kier molecular flexibility index (Phi) is 5.85. The van der Waals surface area contributed by atoms with Crippen LogP contribution in [0.3, 0.4) is 0 Å². The summed E-state index contributed by atoms with van der Waals surface area (Å²) in [6.45, 7) is 6.82. The highest BCUT2D eigenvalue weighted by atomic mass is 16.5. The number of fused-ring (bicyclic) bond motifs is 2. The molecule has 2 fully saturated rings. The first-order chi connectivity index (χ1) is 11.6. The molecular formula is C18H28N2O5. The van der Waals surface area contributed by atoms with Crippen LogP contribution >= 0.6 is 0 Å². The van der Waals surface area contributed by atoms with E-state index in [0.717, 1.165) is 19.3 Å². The van der Waals surface area contributed by atoms with Gasteiger partial charge in [0.15, 0.2) is 6.10 Å². The number of amides is 3. The maximum atomic E-state index is 12.4. The molecule has 7 nitrogen and oxygen atoms in total. The lowest BCUT2D eigenvalue weighted by Crippen LogP contribution is -2.51. The standard InChI is InChI=1S/C18H28N2O5/c1-10(15(22)19-17(24)20-18(2,3)4)25-16(23)13-8-11-6-5-7-12(9-13)14(11)21/h10-13H,5-9H2,1-4H3,(H2,19,20,22,24)/t10-,11-,12+,13?/m1/s1. The molecule has 4 atom stereocenters. The lowest BCUT2D eigenvalue weighted by molar-refractivity contribution is -0.162. The summed E-state index contributed by atoms with van der Waals surface area (Å²) < 4.78 is 5.24. The number of ether oxygens (including phenoxy) is 1. The lowest BCUT2D eigenvalue weighted by Gasteiger charge is -2.36. The number of carbonyl (C=O) groups excluding carboxylic acids is 4. The number of nitrogens with one attached hydrogen (secondary N) is 2. The van der Waals surface area contributed by atoms with Gasteiger partial charge in [0.2, 0.25) is 0 Å². The van der Waals surface area contributed by atoms with Crippen LogP contribution in [0.1, 0.15) is 59.8 Å². The number of esters is 1. The van der Waals surface area contributed by atoms with Crippen molar-refractivity contribution in [2.75, 3.05) is 0 Å². The van der Waals surface area contributed by atoms with E-state index in [1.54, 1.807) is 20.8 Å². The second kappa shape index (κ2) is 7.54. The summed E-state index contributed by atoms with van der Waals surface area (Å²) in [7, 11) is 0. The summed E-state index contributed by atoms with van der Waals surface area (Å²) in [5, 5.41) is 4.78. The molecule has 7 heteroatoms. The van der Waals surface area contributed by atoms with E-state index in [0.29, 0.717) is 12.8 Å². The molecule has 2 aliphatic rings. The molecule has 0 aromatic rings. The van der Waals surface area contributed by atoms with Gasteiger partial charge >= 0.3 is 12.0 Å². The monoisotopic (exact) mass is 352 g/mol. The molecule has 0 aromatic carbocycles. The van der Waals surface area contributed by atoms with Crippen LogP contribution in [-0.4, -0.2) is 35.3 Å². The molecule has 2 rings (SSSR count). The van der Waals surface area contributed by atoms with E-state index in [2.05, 4.69) is 10.6 Å². The Hall–Kier alpha value is -1.92. The Balaban J connectivity index is 1.84. The third kappa shape index (κ3) is 5.28. The van der Waals surface area contributed by atoms with E-state index in [-0.39, 0.29) is 23.5 Å². The number of ketones is 1. The van der Waals surface area contributed by atoms with Crippen molar-refractivity contribution < 1.29 is 23.9 Å². The molecule has 140 valence electrons. The average molecular weight is 352 g/mol. The molecule has 2 saturated carbocycles. The third-order valence-electron chi connectivity index (χ3n) is 4.77. The summed E-state index contributed by atoms with van der Waals surface area (Å²) in [5.41, 5.74) is -0.475. The van der Waals surface area contributed by atoms with Crippen molar-refractivity contribution >= 4 is 23.7 Å². The lowest BCUT2D eigenvalue weighted by atomic mass is 9.67. The van der Waals surface area contributed by atoms with Crippen molar-refractivity contribution in [3.8, 4) is 0 Å². The van der Waals surface area contributed by atoms with E-state index in [4.69, 9.17) is 4.74 Å². The van der Waals surface area contributed by atoms with Gasteiger partial charge in [0.1, 0.15) is 5.78 Å². The number of rotatable bonds is 3. The Morgan fingerprint density at radius 3 is 2.20 bits per heavy atom. The van der Waals surface area contributed by atoms with E-state index >= 15 is 0 Å². The molecule has 0 radical (unpaired) electrons. The fraction of sp³-hybridized carbons (Fsp3) is 0.778. The van der Waals surface area contributed by atoms with Crippen LogP contribution < -0.4 is 10.6 Å². The van der Waals surface area contributed by atoms with Crippen molar-refractivity contribution in [2.45, 2.75) is 71.4 Å². The van der Waals surface area contributed by atoms with Crippen LogP contribution in [0.15, 0.2) is 0 Å². The minimum absolute atomic E-state index is 0.0493. The molecule has 0 aliphatic heterocycles. The molecule has 0 spiro atoms. The van der Waals surface area contributed by atoms with Gasteiger partial charge in [-0.25, -0.2) is 4.79 Å². The predicted octanol–water partition coefficient (Wildman–Crippen LogP) is 1.94. The fourth-order valence-corrected chi connectivity index (χ4v) is 3.58. The number of hydrogen-bond acceptors (Lipinski definition) is 5. The van der Waals surface area contributed by atoms with Crippen molar-refractivity contribution in [3.63, 3.8) is 0 Å². The van der Waals surface area contributed by atoms with E-state index in [1.165, 1.54) is 6.92 Å². The summed E-state index contributed by atoms with van der Waals surface area (Å²) in [4.78, 5) is 48.1. The Morgan fingerprint density at radius 1 is 1.12 bits per heavy atom. The summed E-state index contributed by atoms with van der Waals surface area (Å²) >= 11 is 0. The molecule has 0 aromatic heterocycles. The van der Waals surface area contributed by atoms with Gasteiger partial charge in [0.25, 0.3) is 5.91 Å². The first kappa shape index (κ1) is 19.4. The van der Waals surface area contributed by atoms with Crippen LogP contribution in [0.2, 0.25) is 0 Å². The zero-order valence-electron chi connectivity index (χ0n) is 15.4. The summed E-state index contributed by atoms with van der Waals surface area (Å²) in [5.74, 6) is -1.28. The highest BCUT2D eigenvalue weighted by molar-refractivity contribution is 5.97. The van der Waals surface area contributed by atoms with Gasteiger partial charge in [-0.3, -0.25) is 19.7 Å². The Morgan fingerprint density at radius 2 is 1.68 bits per heavy atom. The first-order valence-corrected chi connectivity index (χ1v) is 8.94. The maximum absolute atomic E-state index is 12.4. The van der Waals surface area contributed by atoms with Crippen LogP contribution in [0.4, 0.5) is 4.79 Å². The SMILES string of the molecule is C[C@@H](OC(=O)C1C[C@H]2CCC[C@@H](C1)C2=O)C(=O)NC(=O)NC(C)(C)C. The zero-order valence-corrected chi connectivity index (χ0v) is 15.4. The predicted molar refractivity (Wildman–Crippen MR) is 90.5 cm³/mol. The highest BCUT2D eigenvalue weighted by Crippen LogP contribution is 2.40. The molecule has 1 unspecified atom stereocenters. The summed E-state index contributed by atoms with van der Waals surface area (Å²) in [6.07, 6.45) is 2.66. The second-order valence-corrected chi connectivity index (χ2v) is 8.17. The maximum Gasteiger partial charge on any atom is 0.321 e. The number of urea groups is 1. The van der Waals surface area contributed by atoms with E-state index in [1.807, 2.05) is 0 Å². The minimum atomic E-state index is -1.06. The van der Waals surface area contributed by atoms with Crippen LogP contribution in [0, 0.1) is 17.8 Å². The topological polar surface area (TPSA) is 102 Å².